The van der Waals surface area contributed by atoms with E-state index in [0.717, 1.165) is 32.0 Å². The van der Waals surface area contributed by atoms with Gasteiger partial charge in [-0.1, -0.05) is 6.92 Å². The molecule has 0 aliphatic carbocycles. The molecule has 0 saturated carbocycles. The smallest absolute Gasteiger partial charge is 0.328 e. The van der Waals surface area contributed by atoms with E-state index in [1.54, 1.807) is 0 Å². The average molecular weight is 292 g/mol. The molecule has 0 radical (unpaired) electrons. The normalized spacial score (nSPS) is 16.4. The molecule has 1 heterocycles. The predicted octanol–water partition coefficient (Wildman–Crippen LogP) is 2.28. The lowest BCUT2D eigenvalue weighted by Gasteiger charge is -2.29. The number of carbonyl (C=O) groups excluding carboxylic acids is 1. The molecule has 5 heteroatoms. The lowest BCUT2D eigenvalue weighted by atomic mass is 10.2. The van der Waals surface area contributed by atoms with Crippen LogP contribution in [0.5, 0.6) is 0 Å². The third-order valence-electron chi connectivity index (χ3n) is 3.56. The van der Waals surface area contributed by atoms with Crippen LogP contribution in [0.15, 0.2) is 24.3 Å². The van der Waals surface area contributed by atoms with Crippen molar-refractivity contribution in [2.24, 2.45) is 0 Å². The molecule has 1 N–H and O–H groups in total. The van der Waals surface area contributed by atoms with Crippen molar-refractivity contribution in [1.29, 1.82) is 0 Å². The van der Waals surface area contributed by atoms with Crippen LogP contribution in [-0.4, -0.2) is 44.9 Å². The first-order chi connectivity index (χ1) is 10.2. The zero-order valence-electron chi connectivity index (χ0n) is 12.8. The first-order valence-electron chi connectivity index (χ1n) is 7.60. The maximum Gasteiger partial charge on any atom is 0.328 e. The van der Waals surface area contributed by atoms with Gasteiger partial charge in [-0.25, -0.2) is 4.79 Å². The van der Waals surface area contributed by atoms with Gasteiger partial charge in [0.1, 0.15) is 6.04 Å². The SMILES string of the molecule is CCOC(=O)C(CC)Nc1ccc(N2CCOCC2)cc1. The highest BCUT2D eigenvalue weighted by atomic mass is 16.5. The lowest BCUT2D eigenvalue weighted by Crippen LogP contribution is -2.36. The van der Waals surface area contributed by atoms with Crippen molar-refractivity contribution in [1.82, 2.24) is 0 Å². The summed E-state index contributed by atoms with van der Waals surface area (Å²) in [6, 6.07) is 7.87. The summed E-state index contributed by atoms with van der Waals surface area (Å²) in [5.41, 5.74) is 2.12. The second kappa shape index (κ2) is 7.88. The largest absolute Gasteiger partial charge is 0.464 e. The third kappa shape index (κ3) is 4.36. The monoisotopic (exact) mass is 292 g/mol. The summed E-state index contributed by atoms with van der Waals surface area (Å²) < 4.78 is 10.4. The summed E-state index contributed by atoms with van der Waals surface area (Å²) in [6.07, 6.45) is 0.698. The van der Waals surface area contributed by atoms with Gasteiger partial charge in [-0.05, 0) is 37.6 Å². The van der Waals surface area contributed by atoms with Gasteiger partial charge in [0.05, 0.1) is 19.8 Å². The zero-order chi connectivity index (χ0) is 15.1. The molecule has 116 valence electrons. The predicted molar refractivity (Wildman–Crippen MR) is 83.8 cm³/mol. The van der Waals surface area contributed by atoms with Crippen LogP contribution >= 0.6 is 0 Å². The van der Waals surface area contributed by atoms with Crippen molar-refractivity contribution in [3.05, 3.63) is 24.3 Å². The standard InChI is InChI=1S/C16H24N2O3/c1-3-15(16(19)21-4-2)17-13-5-7-14(8-6-13)18-9-11-20-12-10-18/h5-8,15,17H,3-4,9-12H2,1-2H3. The molecule has 1 aliphatic rings. The van der Waals surface area contributed by atoms with Crippen LogP contribution in [0, 0.1) is 0 Å². The number of nitrogens with one attached hydrogen (secondary N) is 1. The number of hydrogen-bond donors (Lipinski definition) is 1. The van der Waals surface area contributed by atoms with Crippen LogP contribution in [0.2, 0.25) is 0 Å². The Bertz CT molecular complexity index is 441. The summed E-state index contributed by atoms with van der Waals surface area (Å²) in [6.45, 7) is 7.60. The Morgan fingerprint density at radius 2 is 1.95 bits per heavy atom. The quantitative estimate of drug-likeness (QED) is 0.815. The van der Waals surface area contributed by atoms with Gasteiger partial charge in [0.2, 0.25) is 0 Å². The summed E-state index contributed by atoms with van der Waals surface area (Å²) in [4.78, 5) is 14.1. The Morgan fingerprint density at radius 1 is 1.29 bits per heavy atom. The number of anilines is 2. The van der Waals surface area contributed by atoms with Gasteiger partial charge >= 0.3 is 5.97 Å². The minimum Gasteiger partial charge on any atom is -0.464 e. The molecule has 1 aromatic carbocycles. The number of carbonyl (C=O) groups is 1. The van der Waals surface area contributed by atoms with Crippen molar-refractivity contribution < 1.29 is 14.3 Å². The van der Waals surface area contributed by atoms with Crippen molar-refractivity contribution in [3.63, 3.8) is 0 Å². The Labute approximate surface area is 126 Å². The van der Waals surface area contributed by atoms with E-state index in [9.17, 15) is 4.79 Å². The molecule has 21 heavy (non-hydrogen) atoms. The highest BCUT2D eigenvalue weighted by Crippen LogP contribution is 2.20. The number of nitrogens with zero attached hydrogens (tertiary/aromatic N) is 1. The molecule has 0 aromatic heterocycles. The van der Waals surface area contributed by atoms with Gasteiger partial charge in [0.15, 0.2) is 0 Å². The first kappa shape index (κ1) is 15.6. The minimum absolute atomic E-state index is 0.197. The first-order valence-corrected chi connectivity index (χ1v) is 7.60. The summed E-state index contributed by atoms with van der Waals surface area (Å²) in [5, 5.41) is 3.23. The van der Waals surface area contributed by atoms with Crippen molar-refractivity contribution in [3.8, 4) is 0 Å². The number of ether oxygens (including phenoxy) is 2. The molecule has 1 atom stereocenters. The number of benzene rings is 1. The molecule has 0 bridgehead atoms. The molecule has 2 rings (SSSR count). The fourth-order valence-corrected chi connectivity index (χ4v) is 2.36. The molecule has 1 aromatic rings. The molecule has 0 spiro atoms. The summed E-state index contributed by atoms with van der Waals surface area (Å²) >= 11 is 0. The van der Waals surface area contributed by atoms with Gasteiger partial charge in [-0.3, -0.25) is 0 Å². The summed E-state index contributed by atoms with van der Waals surface area (Å²) in [7, 11) is 0. The Morgan fingerprint density at radius 3 is 2.52 bits per heavy atom. The van der Waals surface area contributed by atoms with E-state index in [0.29, 0.717) is 13.0 Å². The second-order valence-electron chi connectivity index (χ2n) is 5.00. The molecular formula is C16H24N2O3. The van der Waals surface area contributed by atoms with Gasteiger partial charge in [0.25, 0.3) is 0 Å². The van der Waals surface area contributed by atoms with Crippen LogP contribution in [0.3, 0.4) is 0 Å². The molecule has 5 nitrogen and oxygen atoms in total. The van der Waals surface area contributed by atoms with E-state index < -0.39 is 0 Å². The average Bonchev–Trinajstić information content (AvgIpc) is 2.54. The minimum atomic E-state index is -0.292. The van der Waals surface area contributed by atoms with Crippen LogP contribution in [0.1, 0.15) is 20.3 Å². The van der Waals surface area contributed by atoms with Crippen LogP contribution in [0.4, 0.5) is 11.4 Å². The molecule has 1 unspecified atom stereocenters. The van der Waals surface area contributed by atoms with Crippen molar-refractivity contribution >= 4 is 17.3 Å². The highest BCUT2D eigenvalue weighted by molar-refractivity contribution is 5.79. The van der Waals surface area contributed by atoms with Crippen molar-refractivity contribution in [2.45, 2.75) is 26.3 Å². The van der Waals surface area contributed by atoms with Crippen LogP contribution < -0.4 is 10.2 Å². The fraction of sp³-hybridized carbons (Fsp3) is 0.562. The molecular weight excluding hydrogens is 268 g/mol. The second-order valence-corrected chi connectivity index (χ2v) is 5.00. The van der Waals surface area contributed by atoms with E-state index in [1.165, 1.54) is 5.69 Å². The fourth-order valence-electron chi connectivity index (χ4n) is 2.36. The maximum atomic E-state index is 11.8. The number of rotatable bonds is 6. The molecule has 1 aliphatic heterocycles. The van der Waals surface area contributed by atoms with Crippen LogP contribution in [0.25, 0.3) is 0 Å². The Hall–Kier alpha value is -1.75. The molecule has 0 amide bonds. The Kier molecular flexibility index (Phi) is 5.87. The van der Waals surface area contributed by atoms with Gasteiger partial charge in [-0.15, -0.1) is 0 Å². The van der Waals surface area contributed by atoms with E-state index >= 15 is 0 Å². The van der Waals surface area contributed by atoms with E-state index in [-0.39, 0.29) is 12.0 Å². The van der Waals surface area contributed by atoms with Gasteiger partial charge in [-0.2, -0.15) is 0 Å². The van der Waals surface area contributed by atoms with Crippen molar-refractivity contribution in [2.75, 3.05) is 43.1 Å². The molecule has 1 fully saturated rings. The van der Waals surface area contributed by atoms with E-state index in [2.05, 4.69) is 22.3 Å². The lowest BCUT2D eigenvalue weighted by molar-refractivity contribution is -0.144. The molecule has 1 saturated heterocycles. The van der Waals surface area contributed by atoms with E-state index in [1.807, 2.05) is 26.0 Å². The Balaban J connectivity index is 1.96. The summed E-state index contributed by atoms with van der Waals surface area (Å²) in [5.74, 6) is -0.197. The van der Waals surface area contributed by atoms with Crippen LogP contribution in [-0.2, 0) is 14.3 Å². The third-order valence-corrected chi connectivity index (χ3v) is 3.56. The zero-order valence-corrected chi connectivity index (χ0v) is 12.8. The number of morpholine rings is 1. The number of hydrogen-bond acceptors (Lipinski definition) is 5. The highest BCUT2D eigenvalue weighted by Gasteiger charge is 2.17. The number of esters is 1. The maximum absolute atomic E-state index is 11.8. The van der Waals surface area contributed by atoms with Gasteiger partial charge < -0.3 is 19.7 Å². The topological polar surface area (TPSA) is 50.8 Å². The van der Waals surface area contributed by atoms with Gasteiger partial charge in [0, 0.05) is 24.5 Å². The van der Waals surface area contributed by atoms with E-state index in [4.69, 9.17) is 9.47 Å².